The van der Waals surface area contributed by atoms with Gasteiger partial charge in [-0.05, 0) is 37.5 Å². The lowest BCUT2D eigenvalue weighted by molar-refractivity contribution is 0.0971. The number of aromatic amines is 1. The van der Waals surface area contributed by atoms with E-state index in [1.807, 2.05) is 0 Å². The monoisotopic (exact) mass is 552 g/mol. The molecule has 0 atom stereocenters. The average molecular weight is 552 g/mol. The minimum absolute atomic E-state index is 0.00907. The zero-order valence-electron chi connectivity index (χ0n) is 21.6. The van der Waals surface area contributed by atoms with Gasteiger partial charge in [-0.2, -0.15) is 9.78 Å². The van der Waals surface area contributed by atoms with E-state index in [1.165, 1.54) is 32.6 Å². The molecule has 0 bridgehead atoms. The Morgan fingerprint density at radius 2 is 1.68 bits per heavy atom. The first-order valence-electron chi connectivity index (χ1n) is 12.5. The van der Waals surface area contributed by atoms with Gasteiger partial charge in [0.15, 0.2) is 5.78 Å². The molecule has 0 radical (unpaired) electrons. The van der Waals surface area contributed by atoms with E-state index >= 15 is 0 Å². The van der Waals surface area contributed by atoms with Crippen molar-refractivity contribution in [3.05, 3.63) is 80.0 Å². The molecular weight excluding hydrogens is 532 g/mol. The highest BCUT2D eigenvalue weighted by atomic mass is 16.5. The van der Waals surface area contributed by atoms with Crippen molar-refractivity contribution in [2.45, 2.75) is 19.8 Å². The Labute approximate surface area is 229 Å². The van der Waals surface area contributed by atoms with Crippen LogP contribution in [-0.4, -0.2) is 58.9 Å². The molecule has 0 saturated heterocycles. The van der Waals surface area contributed by atoms with Gasteiger partial charge in [0.1, 0.15) is 28.7 Å². The summed E-state index contributed by atoms with van der Waals surface area (Å²) in [6.45, 7) is 1.40. The topological polar surface area (TPSA) is 188 Å². The number of aryl methyl sites for hydroxylation is 1. The number of rotatable bonds is 2. The third kappa shape index (κ3) is 3.01. The fraction of sp³-hybridized carbons (Fsp3) is 0.138. The van der Waals surface area contributed by atoms with Gasteiger partial charge >= 0.3 is 0 Å². The number of carbonyl (C=O) groups is 2. The highest BCUT2D eigenvalue weighted by Gasteiger charge is 2.42. The number of aromatic hydroxyl groups is 4. The smallest absolute Gasteiger partial charge is 0.285 e. The lowest BCUT2D eigenvalue weighted by Crippen LogP contribution is -2.25. The number of aromatic nitrogens is 4. The van der Waals surface area contributed by atoms with Crippen LogP contribution in [0.2, 0.25) is 0 Å². The first-order chi connectivity index (χ1) is 19.6. The zero-order valence-corrected chi connectivity index (χ0v) is 21.6. The molecule has 0 amide bonds. The van der Waals surface area contributed by atoms with Gasteiger partial charge in [-0.3, -0.25) is 14.4 Å². The van der Waals surface area contributed by atoms with Gasteiger partial charge in [-0.25, -0.2) is 4.98 Å². The molecule has 2 aliphatic rings. The van der Waals surface area contributed by atoms with Crippen LogP contribution in [0.25, 0.3) is 27.8 Å². The largest absolute Gasteiger partial charge is 0.508 e. The van der Waals surface area contributed by atoms with Crippen LogP contribution >= 0.6 is 0 Å². The Kier molecular flexibility index (Phi) is 4.87. The van der Waals surface area contributed by atoms with Crippen LogP contribution in [-0.2, 0) is 12.8 Å². The van der Waals surface area contributed by atoms with E-state index in [0.29, 0.717) is 22.9 Å². The molecule has 2 heterocycles. The number of fused-ring (bicyclic) bond motifs is 6. The molecule has 2 aliphatic carbocycles. The molecule has 0 unspecified atom stereocenters. The highest BCUT2D eigenvalue weighted by Crippen LogP contribution is 2.54. The van der Waals surface area contributed by atoms with E-state index in [0.717, 1.165) is 10.7 Å². The number of nitrogens with one attached hydrogen (secondary N) is 1. The molecule has 5 aromatic rings. The molecule has 12 heteroatoms. The van der Waals surface area contributed by atoms with E-state index in [4.69, 9.17) is 4.74 Å². The van der Waals surface area contributed by atoms with Gasteiger partial charge in [0.05, 0.1) is 35.4 Å². The number of H-pyrrole nitrogens is 1. The Balaban J connectivity index is 1.56. The fourth-order valence-electron chi connectivity index (χ4n) is 5.97. The van der Waals surface area contributed by atoms with Crippen LogP contribution < -0.4 is 10.3 Å². The van der Waals surface area contributed by atoms with Crippen molar-refractivity contribution in [2.75, 3.05) is 7.11 Å². The number of nitrogens with zero attached hydrogens (tertiary/aromatic N) is 3. The second-order valence-corrected chi connectivity index (χ2v) is 9.93. The van der Waals surface area contributed by atoms with E-state index in [1.54, 1.807) is 6.07 Å². The van der Waals surface area contributed by atoms with Gasteiger partial charge in [-0.15, -0.1) is 0 Å². The molecule has 0 fully saturated rings. The number of imidazole rings is 1. The molecule has 5 N–H and O–H groups in total. The maximum absolute atomic E-state index is 13.8. The van der Waals surface area contributed by atoms with Crippen molar-refractivity contribution < 1.29 is 34.8 Å². The summed E-state index contributed by atoms with van der Waals surface area (Å²) in [5.41, 5.74) is -0.752. The lowest BCUT2D eigenvalue weighted by atomic mass is 9.75. The predicted octanol–water partition coefficient (Wildman–Crippen LogP) is 2.79. The third-order valence-electron chi connectivity index (χ3n) is 7.89. The summed E-state index contributed by atoms with van der Waals surface area (Å²) < 4.78 is 6.63. The van der Waals surface area contributed by atoms with Gasteiger partial charge in [0.25, 0.3) is 5.56 Å². The number of methoxy groups -OCH3 is 1. The normalized spacial score (nSPS) is 13.5. The summed E-state index contributed by atoms with van der Waals surface area (Å²) in [5, 5.41) is 48.6. The number of phenols is 4. The summed E-state index contributed by atoms with van der Waals surface area (Å²) in [6.07, 6.45) is 4.99. The van der Waals surface area contributed by atoms with Crippen molar-refractivity contribution in [1.29, 1.82) is 0 Å². The first-order valence-corrected chi connectivity index (χ1v) is 12.5. The van der Waals surface area contributed by atoms with Gasteiger partial charge in [-0.1, -0.05) is 0 Å². The number of phenolic OH excluding ortho intramolecular Hbond substituents is 4. The van der Waals surface area contributed by atoms with E-state index < -0.39 is 45.7 Å². The molecule has 2 aromatic heterocycles. The maximum Gasteiger partial charge on any atom is 0.285 e. The Morgan fingerprint density at radius 1 is 0.902 bits per heavy atom. The molecule has 3 aromatic carbocycles. The second-order valence-electron chi connectivity index (χ2n) is 9.93. The number of ether oxygens (including phenoxy) is 1. The minimum Gasteiger partial charge on any atom is -0.508 e. The van der Waals surface area contributed by atoms with Crippen molar-refractivity contribution >= 4 is 22.3 Å². The highest BCUT2D eigenvalue weighted by molar-refractivity contribution is 6.32. The first kappa shape index (κ1) is 24.4. The fourth-order valence-corrected chi connectivity index (χ4v) is 5.97. The number of hydrogen-bond acceptors (Lipinski definition) is 10. The van der Waals surface area contributed by atoms with E-state index in [-0.39, 0.29) is 56.9 Å². The molecule has 7 rings (SSSR count). The van der Waals surface area contributed by atoms with Crippen LogP contribution in [0.4, 0.5) is 0 Å². The summed E-state index contributed by atoms with van der Waals surface area (Å²) in [7, 11) is 1.31. The lowest BCUT2D eigenvalue weighted by Gasteiger charge is -2.29. The van der Waals surface area contributed by atoms with Gasteiger partial charge < -0.3 is 30.1 Å². The number of ketones is 2. The number of benzene rings is 3. The van der Waals surface area contributed by atoms with Crippen LogP contribution in [0, 0.1) is 6.92 Å². The van der Waals surface area contributed by atoms with Crippen LogP contribution in [0.5, 0.6) is 28.7 Å². The van der Waals surface area contributed by atoms with E-state index in [9.17, 15) is 34.8 Å². The average Bonchev–Trinajstić information content (AvgIpc) is 3.49. The molecule has 0 spiro atoms. The van der Waals surface area contributed by atoms with Crippen LogP contribution in [0.1, 0.15) is 48.5 Å². The molecule has 41 heavy (non-hydrogen) atoms. The second kappa shape index (κ2) is 8.18. The molecule has 0 saturated carbocycles. The quantitative estimate of drug-likeness (QED) is 0.214. The summed E-state index contributed by atoms with van der Waals surface area (Å²) in [6, 6.07) is 2.75. The zero-order chi connectivity index (χ0) is 28.9. The van der Waals surface area contributed by atoms with Gasteiger partial charge in [0, 0.05) is 45.6 Å². The Hall–Kier alpha value is -5.65. The molecule has 0 aliphatic heterocycles. The Morgan fingerprint density at radius 3 is 2.39 bits per heavy atom. The van der Waals surface area contributed by atoms with Crippen molar-refractivity contribution in [3.63, 3.8) is 0 Å². The summed E-state index contributed by atoms with van der Waals surface area (Å²) in [4.78, 5) is 47.8. The van der Waals surface area contributed by atoms with Crippen LogP contribution in [0.15, 0.2) is 35.5 Å². The number of carbonyl (C=O) groups excluding carboxylic acids is 2. The maximum atomic E-state index is 13.8. The third-order valence-corrected chi connectivity index (χ3v) is 7.89. The summed E-state index contributed by atoms with van der Waals surface area (Å²) in [5.74, 6) is -3.40. The molecular formula is C29H20N4O8. The summed E-state index contributed by atoms with van der Waals surface area (Å²) >= 11 is 0. The van der Waals surface area contributed by atoms with Crippen molar-refractivity contribution in [3.8, 4) is 45.8 Å². The van der Waals surface area contributed by atoms with E-state index in [2.05, 4.69) is 15.1 Å². The van der Waals surface area contributed by atoms with Crippen molar-refractivity contribution in [2.24, 2.45) is 0 Å². The molecule has 204 valence electrons. The number of hydrogen-bond donors (Lipinski definition) is 5. The SMILES string of the molecule is COc1c2c(c(O)c3c1C(=O)c1c(cc(O)c(C)c1O)C3=O)-c1c(cc3cnn(-c4ncc[nH]4)c(=O)c3c1O)CC2. The van der Waals surface area contributed by atoms with Crippen molar-refractivity contribution in [1.82, 2.24) is 19.7 Å². The van der Waals surface area contributed by atoms with Gasteiger partial charge in [0.2, 0.25) is 11.7 Å². The Bertz CT molecular complexity index is 2090. The standard InChI is InChI=1S/C29H20N4O8/c1-10-15(34)8-14-19(22(10)35)26(39)21-20(23(14)36)25(38)18-13(27(21)41-2)4-3-11-7-12-9-32-33(29-30-5-6-31-29)28(40)17(12)24(37)16(11)18/h5-9,34-35,37-38H,3-4H2,1-2H3,(H,30,31). The molecule has 12 nitrogen and oxygen atoms in total. The van der Waals surface area contributed by atoms with Crippen LogP contribution in [0.3, 0.4) is 0 Å². The predicted molar refractivity (Wildman–Crippen MR) is 144 cm³/mol. The minimum atomic E-state index is -0.824.